The number of likely N-dealkylation sites (N-methyl/N-ethyl adjacent to an activating group) is 1. The van der Waals surface area contributed by atoms with Gasteiger partial charge in [0.05, 0.1) is 0 Å². The molecule has 2 aliphatic rings. The van der Waals surface area contributed by atoms with Crippen molar-refractivity contribution in [1.82, 2.24) is 10.2 Å². The highest BCUT2D eigenvalue weighted by Crippen LogP contribution is 2.37. The van der Waals surface area contributed by atoms with Crippen LogP contribution in [0.3, 0.4) is 0 Å². The first-order valence-electron chi connectivity index (χ1n) is 6.49. The van der Waals surface area contributed by atoms with Gasteiger partial charge in [0.25, 0.3) is 0 Å². The Morgan fingerprint density at radius 1 is 1.38 bits per heavy atom. The molecule has 0 radical (unpaired) electrons. The molecule has 0 bridgehead atoms. The Morgan fingerprint density at radius 3 is 2.69 bits per heavy atom. The highest BCUT2D eigenvalue weighted by atomic mass is 16.2. The van der Waals surface area contributed by atoms with Crippen molar-refractivity contribution in [2.75, 3.05) is 13.6 Å². The Morgan fingerprint density at radius 2 is 2.12 bits per heavy atom. The van der Waals surface area contributed by atoms with E-state index in [2.05, 4.69) is 19.2 Å². The van der Waals surface area contributed by atoms with Gasteiger partial charge in [0.15, 0.2) is 0 Å². The monoisotopic (exact) mass is 224 g/mol. The summed E-state index contributed by atoms with van der Waals surface area (Å²) in [4.78, 5) is 13.3. The molecular weight excluding hydrogens is 200 g/mol. The van der Waals surface area contributed by atoms with E-state index in [1.165, 1.54) is 19.3 Å². The third-order valence-corrected chi connectivity index (χ3v) is 4.32. The van der Waals surface area contributed by atoms with Crippen molar-refractivity contribution in [3.8, 4) is 0 Å². The zero-order valence-electron chi connectivity index (χ0n) is 10.8. The lowest BCUT2D eigenvalue weighted by Gasteiger charge is -2.36. The first kappa shape index (κ1) is 11.9. The van der Waals surface area contributed by atoms with Crippen LogP contribution in [0.15, 0.2) is 0 Å². The lowest BCUT2D eigenvalue weighted by Crippen LogP contribution is -2.52. The number of carbonyl (C=O) groups excluding carboxylic acids is 1. The molecule has 1 amide bonds. The maximum Gasteiger partial charge on any atom is 0.222 e. The van der Waals surface area contributed by atoms with E-state index in [1.807, 2.05) is 11.9 Å². The Kier molecular flexibility index (Phi) is 3.24. The van der Waals surface area contributed by atoms with Crippen molar-refractivity contribution in [2.45, 2.75) is 58.0 Å². The average Bonchev–Trinajstić information content (AvgIpc) is 2.52. The number of rotatable bonds is 2. The smallest absolute Gasteiger partial charge is 0.222 e. The van der Waals surface area contributed by atoms with Crippen LogP contribution in [0.25, 0.3) is 0 Å². The summed E-state index contributed by atoms with van der Waals surface area (Å²) in [5, 5.41) is 3.77. The third kappa shape index (κ3) is 2.40. The van der Waals surface area contributed by atoms with Crippen molar-refractivity contribution in [2.24, 2.45) is 5.41 Å². The van der Waals surface area contributed by atoms with Gasteiger partial charge < -0.3 is 10.2 Å². The van der Waals surface area contributed by atoms with Crippen LogP contribution in [0.2, 0.25) is 0 Å². The third-order valence-electron chi connectivity index (χ3n) is 4.32. The van der Waals surface area contributed by atoms with Gasteiger partial charge in [0, 0.05) is 32.1 Å². The number of likely N-dealkylation sites (tertiary alicyclic amines) is 1. The summed E-state index contributed by atoms with van der Waals surface area (Å²) < 4.78 is 0. The van der Waals surface area contributed by atoms with Crippen molar-refractivity contribution in [3.05, 3.63) is 0 Å². The highest BCUT2D eigenvalue weighted by molar-refractivity contribution is 5.76. The van der Waals surface area contributed by atoms with Crippen LogP contribution in [0.5, 0.6) is 0 Å². The summed E-state index contributed by atoms with van der Waals surface area (Å²) in [7, 11) is 1.91. The molecule has 1 saturated carbocycles. The summed E-state index contributed by atoms with van der Waals surface area (Å²) in [6.45, 7) is 5.59. The molecule has 2 atom stereocenters. The normalized spacial score (nSPS) is 34.4. The topological polar surface area (TPSA) is 32.3 Å². The molecule has 2 rings (SSSR count). The molecule has 16 heavy (non-hydrogen) atoms. The van der Waals surface area contributed by atoms with E-state index >= 15 is 0 Å². The zero-order valence-corrected chi connectivity index (χ0v) is 10.8. The van der Waals surface area contributed by atoms with E-state index in [1.54, 1.807) is 0 Å². The van der Waals surface area contributed by atoms with Crippen LogP contribution >= 0.6 is 0 Å². The summed E-state index contributed by atoms with van der Waals surface area (Å²) in [5.41, 5.74) is 0.431. The Balaban J connectivity index is 1.88. The average molecular weight is 224 g/mol. The van der Waals surface area contributed by atoms with Crippen LogP contribution in [0, 0.1) is 5.41 Å². The van der Waals surface area contributed by atoms with Crippen molar-refractivity contribution < 1.29 is 4.79 Å². The molecule has 0 aromatic heterocycles. The minimum Gasteiger partial charge on any atom is -0.344 e. The number of amides is 1. The van der Waals surface area contributed by atoms with Gasteiger partial charge in [-0.3, -0.25) is 4.79 Å². The number of carbonyl (C=O) groups is 1. The molecular formula is C13H24N2O. The molecule has 0 aromatic rings. The molecule has 0 aromatic carbocycles. The Hall–Kier alpha value is -0.570. The van der Waals surface area contributed by atoms with Gasteiger partial charge in [-0.2, -0.15) is 0 Å². The standard InChI is InChI=1S/C13H24N2O/c1-13(2)8-4-5-11(13)14-10-6-7-12(16)15(3)9-10/h10-11,14H,4-9H2,1-3H3. The molecule has 0 spiro atoms. The Bertz CT molecular complexity index is 275. The Labute approximate surface area is 98.6 Å². The summed E-state index contributed by atoms with van der Waals surface area (Å²) in [6.07, 6.45) is 5.68. The number of nitrogens with zero attached hydrogens (tertiary/aromatic N) is 1. The summed E-state index contributed by atoms with van der Waals surface area (Å²) in [6, 6.07) is 1.14. The molecule has 1 aliphatic carbocycles. The van der Waals surface area contributed by atoms with Crippen molar-refractivity contribution in [3.63, 3.8) is 0 Å². The second kappa shape index (κ2) is 4.36. The predicted molar refractivity (Wildman–Crippen MR) is 65.2 cm³/mol. The molecule has 2 fully saturated rings. The van der Waals surface area contributed by atoms with E-state index < -0.39 is 0 Å². The van der Waals surface area contributed by atoms with Crippen LogP contribution in [0.4, 0.5) is 0 Å². The van der Waals surface area contributed by atoms with Gasteiger partial charge in [0.2, 0.25) is 5.91 Å². The van der Waals surface area contributed by atoms with Gasteiger partial charge in [-0.05, 0) is 24.7 Å². The number of hydrogen-bond acceptors (Lipinski definition) is 2. The van der Waals surface area contributed by atoms with Crippen LogP contribution in [-0.2, 0) is 4.79 Å². The SMILES string of the molecule is CN1CC(NC2CCCC2(C)C)CCC1=O. The molecule has 1 aliphatic heterocycles. The quantitative estimate of drug-likeness (QED) is 0.775. The molecule has 3 heteroatoms. The number of piperidine rings is 1. The minimum atomic E-state index is 0.295. The molecule has 92 valence electrons. The number of nitrogens with one attached hydrogen (secondary N) is 1. The maximum atomic E-state index is 11.4. The second-order valence-corrected chi connectivity index (χ2v) is 6.11. The molecule has 2 unspecified atom stereocenters. The largest absolute Gasteiger partial charge is 0.344 e. The fourth-order valence-electron chi connectivity index (χ4n) is 3.07. The van der Waals surface area contributed by atoms with Gasteiger partial charge in [0.1, 0.15) is 0 Å². The van der Waals surface area contributed by atoms with Gasteiger partial charge in [-0.1, -0.05) is 20.3 Å². The first-order valence-corrected chi connectivity index (χ1v) is 6.49. The second-order valence-electron chi connectivity index (χ2n) is 6.11. The maximum absolute atomic E-state index is 11.4. The van der Waals surface area contributed by atoms with Crippen LogP contribution < -0.4 is 5.32 Å². The van der Waals surface area contributed by atoms with E-state index in [0.717, 1.165) is 13.0 Å². The summed E-state index contributed by atoms with van der Waals surface area (Å²) >= 11 is 0. The molecule has 3 nitrogen and oxygen atoms in total. The van der Waals surface area contributed by atoms with Gasteiger partial charge >= 0.3 is 0 Å². The lowest BCUT2D eigenvalue weighted by molar-refractivity contribution is -0.132. The minimum absolute atomic E-state index is 0.295. The molecule has 1 N–H and O–H groups in total. The van der Waals surface area contributed by atoms with Gasteiger partial charge in [-0.15, -0.1) is 0 Å². The fourth-order valence-corrected chi connectivity index (χ4v) is 3.07. The van der Waals surface area contributed by atoms with E-state index in [4.69, 9.17) is 0 Å². The van der Waals surface area contributed by atoms with Crippen molar-refractivity contribution >= 4 is 5.91 Å². The molecule has 1 saturated heterocycles. The number of hydrogen-bond donors (Lipinski definition) is 1. The van der Waals surface area contributed by atoms with E-state index in [9.17, 15) is 4.79 Å². The lowest BCUT2D eigenvalue weighted by atomic mass is 9.86. The molecule has 1 heterocycles. The van der Waals surface area contributed by atoms with Crippen molar-refractivity contribution in [1.29, 1.82) is 0 Å². The van der Waals surface area contributed by atoms with Crippen LogP contribution in [0.1, 0.15) is 46.0 Å². The van der Waals surface area contributed by atoms with E-state index in [-0.39, 0.29) is 0 Å². The summed E-state index contributed by atoms with van der Waals surface area (Å²) in [5.74, 6) is 0.295. The highest BCUT2D eigenvalue weighted by Gasteiger charge is 2.36. The fraction of sp³-hybridized carbons (Fsp3) is 0.923. The predicted octanol–water partition coefficient (Wildman–Crippen LogP) is 1.78. The van der Waals surface area contributed by atoms with Crippen LogP contribution in [-0.4, -0.2) is 36.5 Å². The van der Waals surface area contributed by atoms with Gasteiger partial charge in [-0.25, -0.2) is 0 Å². The zero-order chi connectivity index (χ0) is 11.8. The van der Waals surface area contributed by atoms with E-state index in [0.29, 0.717) is 29.8 Å². The first-order chi connectivity index (χ1) is 7.49.